The summed E-state index contributed by atoms with van der Waals surface area (Å²) in [5.74, 6) is 0.630. The third kappa shape index (κ3) is 3.84. The largest absolute Gasteiger partial charge is 0.339 e. The predicted octanol–water partition coefficient (Wildman–Crippen LogP) is 1.38. The number of hydrogen-bond acceptors (Lipinski definition) is 5. The maximum Gasteiger partial charge on any atom is 0.236 e. The fourth-order valence-corrected chi connectivity index (χ4v) is 1.19. The predicted molar refractivity (Wildman–Crippen MR) is 62.9 cm³/mol. The number of aromatic nitrogens is 3. The molecule has 1 amide bonds. The van der Waals surface area contributed by atoms with Gasteiger partial charge in [-0.1, -0.05) is 5.16 Å². The van der Waals surface area contributed by atoms with Crippen LogP contribution >= 0.6 is 12.4 Å². The summed E-state index contributed by atoms with van der Waals surface area (Å²) in [5.41, 5.74) is 0.691. The molecular weight excluding hydrogens is 244 g/mol. The molecule has 0 unspecified atom stereocenters. The van der Waals surface area contributed by atoms with Crippen molar-refractivity contribution in [2.45, 2.75) is 13.3 Å². The van der Waals surface area contributed by atoms with Crippen LogP contribution in [0.25, 0.3) is 0 Å². The molecule has 0 atom stereocenters. The van der Waals surface area contributed by atoms with Gasteiger partial charge in [-0.25, -0.2) is 0 Å². The molecule has 2 heterocycles. The van der Waals surface area contributed by atoms with Gasteiger partial charge in [0.25, 0.3) is 0 Å². The molecule has 0 fully saturated rings. The Hall–Kier alpha value is -1.95. The molecule has 1 N–H and O–H groups in total. The van der Waals surface area contributed by atoms with Gasteiger partial charge in [-0.2, -0.15) is 4.98 Å². The molecule has 0 radical (unpaired) electrons. The van der Waals surface area contributed by atoms with Gasteiger partial charge in [0, 0.05) is 18.1 Å². The highest BCUT2D eigenvalue weighted by molar-refractivity contribution is 5.91. The number of hydrogen-bond donors (Lipinski definition) is 1. The monoisotopic (exact) mass is 254 g/mol. The van der Waals surface area contributed by atoms with E-state index in [1.165, 1.54) is 0 Å². The van der Waals surface area contributed by atoms with E-state index in [9.17, 15) is 4.79 Å². The zero-order valence-electron chi connectivity index (χ0n) is 9.08. The number of amides is 1. The van der Waals surface area contributed by atoms with Gasteiger partial charge in [-0.15, -0.1) is 12.4 Å². The zero-order valence-corrected chi connectivity index (χ0v) is 9.90. The number of nitrogens with one attached hydrogen (secondary N) is 1. The summed E-state index contributed by atoms with van der Waals surface area (Å²) < 4.78 is 4.84. The standard InChI is InChI=1S/C10H10N4O2.ClH/c1-7-12-10(16-14-7)6-9(15)13-8-2-4-11-5-3-8;/h2-5H,6H2,1H3,(H,11,13,15);1H. The summed E-state index contributed by atoms with van der Waals surface area (Å²) in [4.78, 5) is 19.3. The van der Waals surface area contributed by atoms with E-state index in [2.05, 4.69) is 20.4 Å². The van der Waals surface area contributed by atoms with E-state index in [-0.39, 0.29) is 24.7 Å². The molecule has 90 valence electrons. The molecule has 2 aromatic heterocycles. The van der Waals surface area contributed by atoms with Crippen LogP contribution in [0.2, 0.25) is 0 Å². The number of pyridine rings is 1. The Morgan fingerprint density at radius 2 is 2.12 bits per heavy atom. The molecule has 2 rings (SSSR count). The first-order valence-corrected chi connectivity index (χ1v) is 4.73. The molecule has 0 aromatic carbocycles. The molecule has 17 heavy (non-hydrogen) atoms. The van der Waals surface area contributed by atoms with Crippen LogP contribution in [0.3, 0.4) is 0 Å². The van der Waals surface area contributed by atoms with Gasteiger partial charge in [0.15, 0.2) is 5.82 Å². The number of halogens is 1. The average molecular weight is 255 g/mol. The lowest BCUT2D eigenvalue weighted by Gasteiger charge is -2.01. The third-order valence-corrected chi connectivity index (χ3v) is 1.85. The minimum Gasteiger partial charge on any atom is -0.339 e. The van der Waals surface area contributed by atoms with E-state index in [1.807, 2.05) is 0 Å². The van der Waals surface area contributed by atoms with Gasteiger partial charge < -0.3 is 9.84 Å². The summed E-state index contributed by atoms with van der Waals surface area (Å²) >= 11 is 0. The van der Waals surface area contributed by atoms with Crippen LogP contribution in [-0.2, 0) is 11.2 Å². The fraction of sp³-hybridized carbons (Fsp3) is 0.200. The Labute approximate surface area is 104 Å². The van der Waals surface area contributed by atoms with Crippen molar-refractivity contribution >= 4 is 24.0 Å². The lowest BCUT2D eigenvalue weighted by atomic mass is 10.3. The zero-order chi connectivity index (χ0) is 11.4. The number of nitrogens with zero attached hydrogens (tertiary/aromatic N) is 3. The fourth-order valence-electron chi connectivity index (χ4n) is 1.19. The van der Waals surface area contributed by atoms with Gasteiger partial charge in [0.05, 0.1) is 0 Å². The highest BCUT2D eigenvalue weighted by Gasteiger charge is 2.09. The van der Waals surface area contributed by atoms with Crippen molar-refractivity contribution in [2.75, 3.05) is 5.32 Å². The number of rotatable bonds is 3. The summed E-state index contributed by atoms with van der Waals surface area (Å²) in [5, 5.41) is 6.29. The SMILES string of the molecule is Cc1noc(CC(=O)Nc2ccncc2)n1.Cl. The quantitative estimate of drug-likeness (QED) is 0.895. The highest BCUT2D eigenvalue weighted by Crippen LogP contribution is 2.04. The summed E-state index contributed by atoms with van der Waals surface area (Å²) in [7, 11) is 0. The van der Waals surface area contributed by atoms with E-state index >= 15 is 0 Å². The van der Waals surface area contributed by atoms with Crippen molar-refractivity contribution in [1.29, 1.82) is 0 Å². The normalized spacial score (nSPS) is 9.47. The van der Waals surface area contributed by atoms with Crippen molar-refractivity contribution in [3.05, 3.63) is 36.2 Å². The van der Waals surface area contributed by atoms with Gasteiger partial charge in [-0.05, 0) is 19.1 Å². The minimum atomic E-state index is -0.199. The molecular formula is C10H11ClN4O2. The number of carbonyl (C=O) groups is 1. The second-order valence-corrected chi connectivity index (χ2v) is 3.20. The smallest absolute Gasteiger partial charge is 0.236 e. The first-order chi connectivity index (χ1) is 7.74. The second-order valence-electron chi connectivity index (χ2n) is 3.20. The number of anilines is 1. The second kappa shape index (κ2) is 5.95. The highest BCUT2D eigenvalue weighted by atomic mass is 35.5. The number of carbonyl (C=O) groups excluding carboxylic acids is 1. The first-order valence-electron chi connectivity index (χ1n) is 4.73. The van der Waals surface area contributed by atoms with Crippen LogP contribution in [0.4, 0.5) is 5.69 Å². The average Bonchev–Trinajstić information content (AvgIpc) is 2.65. The summed E-state index contributed by atoms with van der Waals surface area (Å²) in [6.07, 6.45) is 3.28. The van der Waals surface area contributed by atoms with Crippen molar-refractivity contribution in [1.82, 2.24) is 15.1 Å². The van der Waals surface area contributed by atoms with Crippen LogP contribution in [0, 0.1) is 6.92 Å². The van der Waals surface area contributed by atoms with Crippen molar-refractivity contribution in [3.8, 4) is 0 Å². The van der Waals surface area contributed by atoms with E-state index in [4.69, 9.17) is 4.52 Å². The molecule has 0 spiro atoms. The lowest BCUT2D eigenvalue weighted by molar-refractivity contribution is -0.115. The summed E-state index contributed by atoms with van der Waals surface area (Å²) in [6, 6.07) is 3.41. The van der Waals surface area contributed by atoms with E-state index < -0.39 is 0 Å². The van der Waals surface area contributed by atoms with Crippen LogP contribution in [0.1, 0.15) is 11.7 Å². The maximum atomic E-state index is 11.5. The minimum absolute atomic E-state index is 0. The Morgan fingerprint density at radius 3 is 2.71 bits per heavy atom. The van der Waals surface area contributed by atoms with E-state index in [0.29, 0.717) is 17.4 Å². The molecule has 7 heteroatoms. The Kier molecular flexibility index (Phi) is 4.59. The molecule has 0 aliphatic heterocycles. The number of aryl methyl sites for hydroxylation is 1. The van der Waals surface area contributed by atoms with Crippen molar-refractivity contribution in [2.24, 2.45) is 0 Å². The van der Waals surface area contributed by atoms with Crippen LogP contribution in [-0.4, -0.2) is 21.0 Å². The van der Waals surface area contributed by atoms with E-state index in [1.54, 1.807) is 31.5 Å². The topological polar surface area (TPSA) is 80.9 Å². The lowest BCUT2D eigenvalue weighted by Crippen LogP contribution is -2.14. The van der Waals surface area contributed by atoms with Crippen LogP contribution in [0.15, 0.2) is 29.0 Å². The first kappa shape index (κ1) is 13.1. The van der Waals surface area contributed by atoms with Crippen LogP contribution < -0.4 is 5.32 Å². The molecule has 0 aliphatic carbocycles. The maximum absolute atomic E-state index is 11.5. The van der Waals surface area contributed by atoms with Gasteiger partial charge in [0.2, 0.25) is 11.8 Å². The Balaban J connectivity index is 0.00000144. The van der Waals surface area contributed by atoms with Gasteiger partial charge in [-0.3, -0.25) is 9.78 Å². The molecule has 2 aromatic rings. The molecule has 0 saturated carbocycles. The molecule has 6 nitrogen and oxygen atoms in total. The Morgan fingerprint density at radius 1 is 1.41 bits per heavy atom. The van der Waals surface area contributed by atoms with Crippen molar-refractivity contribution < 1.29 is 9.32 Å². The van der Waals surface area contributed by atoms with Gasteiger partial charge >= 0.3 is 0 Å². The Bertz CT molecular complexity index is 486. The third-order valence-electron chi connectivity index (χ3n) is 1.85. The molecule has 0 saturated heterocycles. The molecule has 0 bridgehead atoms. The molecule has 0 aliphatic rings. The van der Waals surface area contributed by atoms with Gasteiger partial charge in [0.1, 0.15) is 6.42 Å². The van der Waals surface area contributed by atoms with E-state index in [0.717, 1.165) is 0 Å². The van der Waals surface area contributed by atoms with Crippen LogP contribution in [0.5, 0.6) is 0 Å². The van der Waals surface area contributed by atoms with Crippen molar-refractivity contribution in [3.63, 3.8) is 0 Å². The summed E-state index contributed by atoms with van der Waals surface area (Å²) in [6.45, 7) is 1.70.